The molecule has 0 saturated heterocycles. The second-order valence-corrected chi connectivity index (χ2v) is 7.92. The van der Waals surface area contributed by atoms with E-state index in [2.05, 4.69) is 10.3 Å². The molecular weight excluding hydrogens is 406 g/mol. The average Bonchev–Trinajstić information content (AvgIpc) is 3.26. The number of ketones is 1. The smallest absolute Gasteiger partial charge is 0.345 e. The van der Waals surface area contributed by atoms with Crippen LogP contribution in [-0.4, -0.2) is 33.9 Å². The van der Waals surface area contributed by atoms with Crippen molar-refractivity contribution in [3.05, 3.63) is 81.8 Å². The SMILES string of the molecule is Cn1ccc2c1C(=O)C1=C(C2)OC(=O)C2=CN(c3ncc(F)cc3F)C3CCNC1=C23. The lowest BCUT2D eigenvalue weighted by Crippen LogP contribution is -2.39. The van der Waals surface area contributed by atoms with Crippen LogP contribution in [0.15, 0.2) is 58.9 Å². The average molecular weight is 422 g/mol. The third kappa shape index (κ3) is 2.40. The zero-order valence-electron chi connectivity index (χ0n) is 16.4. The number of hydrogen-bond donors (Lipinski definition) is 1. The molecule has 5 heterocycles. The normalized spacial score (nSPS) is 21.8. The molecule has 9 heteroatoms. The molecule has 2 aromatic rings. The van der Waals surface area contributed by atoms with Gasteiger partial charge in [0.05, 0.1) is 34.8 Å². The fraction of sp³-hybridized carbons (Fsp3) is 0.227. The zero-order valence-corrected chi connectivity index (χ0v) is 16.4. The highest BCUT2D eigenvalue weighted by atomic mass is 19.1. The van der Waals surface area contributed by atoms with Crippen LogP contribution in [0.4, 0.5) is 14.6 Å². The second kappa shape index (κ2) is 6.13. The van der Waals surface area contributed by atoms with Gasteiger partial charge < -0.3 is 19.5 Å². The molecule has 0 saturated carbocycles. The molecular formula is C22H16F2N4O3. The molecule has 2 aromatic heterocycles. The maximum atomic E-state index is 14.5. The van der Waals surface area contributed by atoms with Crippen LogP contribution in [0.25, 0.3) is 0 Å². The number of nitrogens with one attached hydrogen (secondary N) is 1. The quantitative estimate of drug-likeness (QED) is 0.711. The van der Waals surface area contributed by atoms with Crippen molar-refractivity contribution in [3.8, 4) is 0 Å². The summed E-state index contributed by atoms with van der Waals surface area (Å²) in [5, 5.41) is 3.27. The van der Waals surface area contributed by atoms with Crippen molar-refractivity contribution in [1.29, 1.82) is 0 Å². The van der Waals surface area contributed by atoms with Gasteiger partial charge in [-0.05, 0) is 18.1 Å². The first-order valence-corrected chi connectivity index (χ1v) is 9.88. The maximum Gasteiger partial charge on any atom is 0.345 e. The summed E-state index contributed by atoms with van der Waals surface area (Å²) in [5.41, 5.74) is 3.05. The van der Waals surface area contributed by atoms with Crippen molar-refractivity contribution in [3.63, 3.8) is 0 Å². The Morgan fingerprint density at radius 1 is 1.29 bits per heavy atom. The van der Waals surface area contributed by atoms with Crippen molar-refractivity contribution in [2.45, 2.75) is 18.9 Å². The zero-order chi connectivity index (χ0) is 21.4. The van der Waals surface area contributed by atoms with Crippen LogP contribution in [0.2, 0.25) is 0 Å². The summed E-state index contributed by atoms with van der Waals surface area (Å²) in [6.07, 6.45) is 5.09. The van der Waals surface area contributed by atoms with Gasteiger partial charge in [-0.3, -0.25) is 4.79 Å². The molecule has 1 aliphatic carbocycles. The molecule has 0 fully saturated rings. The number of carbonyl (C=O) groups is 2. The summed E-state index contributed by atoms with van der Waals surface area (Å²) in [6.45, 7) is 0.502. The van der Waals surface area contributed by atoms with Crippen LogP contribution in [0.1, 0.15) is 22.5 Å². The van der Waals surface area contributed by atoms with Crippen molar-refractivity contribution in [2.75, 3.05) is 11.4 Å². The Hall–Kier alpha value is -3.75. The highest BCUT2D eigenvalue weighted by molar-refractivity contribution is 6.15. The summed E-state index contributed by atoms with van der Waals surface area (Å²) in [4.78, 5) is 31.9. The monoisotopic (exact) mass is 422 g/mol. The molecule has 156 valence electrons. The molecule has 31 heavy (non-hydrogen) atoms. The van der Waals surface area contributed by atoms with Crippen LogP contribution in [0.3, 0.4) is 0 Å². The Morgan fingerprint density at radius 2 is 2.13 bits per heavy atom. The lowest BCUT2D eigenvalue weighted by atomic mass is 9.86. The van der Waals surface area contributed by atoms with Crippen LogP contribution >= 0.6 is 0 Å². The molecule has 0 amide bonds. The van der Waals surface area contributed by atoms with E-state index in [9.17, 15) is 18.4 Å². The van der Waals surface area contributed by atoms with Gasteiger partial charge in [0.15, 0.2) is 11.6 Å². The number of aryl methyl sites for hydroxylation is 1. The second-order valence-electron chi connectivity index (χ2n) is 7.92. The Morgan fingerprint density at radius 3 is 2.94 bits per heavy atom. The predicted molar refractivity (Wildman–Crippen MR) is 105 cm³/mol. The van der Waals surface area contributed by atoms with E-state index >= 15 is 0 Å². The van der Waals surface area contributed by atoms with Gasteiger partial charge in [-0.1, -0.05) is 0 Å². The molecule has 7 nitrogen and oxygen atoms in total. The van der Waals surface area contributed by atoms with Crippen LogP contribution in [-0.2, 0) is 23.0 Å². The third-order valence-corrected chi connectivity index (χ3v) is 6.16. The molecule has 0 aromatic carbocycles. The van der Waals surface area contributed by atoms with Crippen LogP contribution < -0.4 is 10.2 Å². The number of allylic oxidation sites excluding steroid dienone is 2. The molecule has 3 aliphatic heterocycles. The Balaban J connectivity index is 1.54. The van der Waals surface area contributed by atoms with E-state index in [1.54, 1.807) is 17.8 Å². The first kappa shape index (κ1) is 18.1. The number of pyridine rings is 1. The molecule has 1 unspecified atom stereocenters. The van der Waals surface area contributed by atoms with Crippen molar-refractivity contribution >= 4 is 17.6 Å². The first-order chi connectivity index (χ1) is 14.9. The summed E-state index contributed by atoms with van der Waals surface area (Å²) in [5.74, 6) is -2.21. The van der Waals surface area contributed by atoms with Crippen LogP contribution in [0, 0.1) is 11.6 Å². The number of halogens is 2. The molecule has 0 spiro atoms. The van der Waals surface area contributed by atoms with E-state index in [0.29, 0.717) is 47.7 Å². The minimum Gasteiger partial charge on any atom is -0.426 e. The van der Waals surface area contributed by atoms with Crippen molar-refractivity contribution in [1.82, 2.24) is 14.9 Å². The fourth-order valence-corrected chi connectivity index (χ4v) is 4.87. The lowest BCUT2D eigenvalue weighted by molar-refractivity contribution is -0.134. The number of aromatic nitrogens is 2. The summed E-state index contributed by atoms with van der Waals surface area (Å²) in [7, 11) is 1.80. The summed E-state index contributed by atoms with van der Waals surface area (Å²) < 4.78 is 35.3. The Bertz CT molecular complexity index is 1300. The third-order valence-electron chi connectivity index (χ3n) is 6.16. The van der Waals surface area contributed by atoms with Gasteiger partial charge >= 0.3 is 5.97 Å². The van der Waals surface area contributed by atoms with E-state index < -0.39 is 23.6 Å². The van der Waals surface area contributed by atoms with Crippen LogP contribution in [0.5, 0.6) is 0 Å². The lowest BCUT2D eigenvalue weighted by Gasteiger charge is -2.32. The largest absolute Gasteiger partial charge is 0.426 e. The topological polar surface area (TPSA) is 76.5 Å². The van der Waals surface area contributed by atoms with E-state index in [-0.39, 0.29) is 17.2 Å². The number of ether oxygens (including phenoxy) is 1. The van der Waals surface area contributed by atoms with Gasteiger partial charge in [0, 0.05) is 44.0 Å². The van der Waals surface area contributed by atoms with Crippen molar-refractivity contribution in [2.24, 2.45) is 7.05 Å². The molecule has 0 radical (unpaired) electrons. The number of rotatable bonds is 1. The van der Waals surface area contributed by atoms with Crippen molar-refractivity contribution < 1.29 is 23.1 Å². The number of carbonyl (C=O) groups excluding carboxylic acids is 2. The summed E-state index contributed by atoms with van der Waals surface area (Å²) >= 11 is 0. The molecule has 4 aliphatic rings. The van der Waals surface area contributed by atoms with E-state index in [4.69, 9.17) is 4.74 Å². The molecule has 1 atom stereocenters. The standard InChI is InChI=1S/C22H16F2N4O3/c1-27-5-3-10-6-15-17(20(29)19(10)27)18-16-12(22(30)31-15)9-28(14(16)2-4-25-18)21-13(24)7-11(23)8-26-21/h3,5,7-9,14,25H,2,4,6H2,1H3. The van der Waals surface area contributed by atoms with Gasteiger partial charge in [-0.15, -0.1) is 0 Å². The van der Waals surface area contributed by atoms with Gasteiger partial charge in [0.2, 0.25) is 5.78 Å². The van der Waals surface area contributed by atoms with Gasteiger partial charge in [0.25, 0.3) is 0 Å². The first-order valence-electron chi connectivity index (χ1n) is 9.88. The number of nitrogens with zero attached hydrogens (tertiary/aromatic N) is 3. The highest BCUT2D eigenvalue weighted by Crippen LogP contribution is 2.44. The minimum atomic E-state index is -0.829. The number of hydrogen-bond acceptors (Lipinski definition) is 6. The van der Waals surface area contributed by atoms with Gasteiger partial charge in [0.1, 0.15) is 11.6 Å². The number of fused-ring (bicyclic) bond motifs is 2. The van der Waals surface area contributed by atoms with Gasteiger partial charge in [-0.25, -0.2) is 18.6 Å². The van der Waals surface area contributed by atoms with E-state index in [1.165, 1.54) is 11.1 Å². The van der Waals surface area contributed by atoms with Gasteiger partial charge in [-0.2, -0.15) is 0 Å². The predicted octanol–water partition coefficient (Wildman–Crippen LogP) is 2.27. The molecule has 0 bridgehead atoms. The Kier molecular flexibility index (Phi) is 3.57. The van der Waals surface area contributed by atoms with E-state index in [1.807, 2.05) is 6.07 Å². The highest BCUT2D eigenvalue weighted by Gasteiger charge is 2.46. The maximum absolute atomic E-state index is 14.5. The number of esters is 1. The summed E-state index contributed by atoms with van der Waals surface area (Å²) in [6, 6.07) is 2.17. The number of Topliss-reactive ketones (excluding diaryl/α,β-unsaturated/α-hetero) is 1. The number of anilines is 1. The Labute approximate surface area is 175 Å². The molecule has 6 rings (SSSR count). The minimum absolute atomic E-state index is 0.0811. The van der Waals surface area contributed by atoms with E-state index in [0.717, 1.165) is 17.8 Å². The fourth-order valence-electron chi connectivity index (χ4n) is 4.87. The molecule has 1 N–H and O–H groups in total.